The first-order valence-electron chi connectivity index (χ1n) is 7.91. The summed E-state index contributed by atoms with van der Waals surface area (Å²) in [6.07, 6.45) is 0. The molecule has 0 aliphatic rings. The zero-order valence-electron chi connectivity index (χ0n) is 13.9. The highest BCUT2D eigenvalue weighted by Crippen LogP contribution is 2.51. The van der Waals surface area contributed by atoms with Crippen LogP contribution in [0, 0.1) is 11.8 Å². The fourth-order valence-electron chi connectivity index (χ4n) is 2.09. The smallest absolute Gasteiger partial charge is 0.306 e. The van der Waals surface area contributed by atoms with Gasteiger partial charge in [-0.1, -0.05) is 60.4 Å². The van der Waals surface area contributed by atoms with Gasteiger partial charge in [0.2, 0.25) is 0 Å². The van der Waals surface area contributed by atoms with E-state index in [1.54, 1.807) is 13.8 Å². The van der Waals surface area contributed by atoms with Gasteiger partial charge in [0.25, 0.3) is 0 Å². The normalized spacial score (nSPS) is 11.7. The fraction of sp³-hybridized carbons (Fsp3) is 0.200. The van der Waals surface area contributed by atoms with Crippen molar-refractivity contribution >= 4 is 13.2 Å². The summed E-state index contributed by atoms with van der Waals surface area (Å²) in [6, 6.07) is 19.3. The van der Waals surface area contributed by atoms with Gasteiger partial charge in [-0.15, -0.1) is 0 Å². The van der Waals surface area contributed by atoms with Gasteiger partial charge in [0.1, 0.15) is 0 Å². The SMILES string of the molecule is CCOP(=O)(/C=C(\C#Cc1ccccc1)c1ccccc1)OCC. The second kappa shape index (κ2) is 9.25. The van der Waals surface area contributed by atoms with E-state index in [4.69, 9.17) is 9.05 Å². The molecule has 2 aromatic rings. The Hall–Kier alpha value is -2.11. The van der Waals surface area contributed by atoms with Gasteiger partial charge in [-0.25, -0.2) is 0 Å². The van der Waals surface area contributed by atoms with Crippen molar-refractivity contribution in [3.63, 3.8) is 0 Å². The quantitative estimate of drug-likeness (QED) is 0.525. The first-order valence-corrected chi connectivity index (χ1v) is 9.52. The fourth-order valence-corrected chi connectivity index (χ4v) is 3.56. The molecule has 0 bridgehead atoms. The molecule has 0 aliphatic heterocycles. The summed E-state index contributed by atoms with van der Waals surface area (Å²) >= 11 is 0. The summed E-state index contributed by atoms with van der Waals surface area (Å²) < 4.78 is 23.5. The van der Waals surface area contributed by atoms with Crippen molar-refractivity contribution < 1.29 is 13.6 Å². The van der Waals surface area contributed by atoms with Gasteiger partial charge in [0.05, 0.1) is 13.2 Å². The van der Waals surface area contributed by atoms with Crippen molar-refractivity contribution in [2.24, 2.45) is 0 Å². The summed E-state index contributed by atoms with van der Waals surface area (Å²) in [5, 5.41) is 0. The van der Waals surface area contributed by atoms with Crippen LogP contribution in [0.25, 0.3) is 5.57 Å². The maximum atomic E-state index is 12.8. The van der Waals surface area contributed by atoms with Gasteiger partial charge in [-0.05, 0) is 31.5 Å². The minimum Gasteiger partial charge on any atom is -0.306 e. The summed E-state index contributed by atoms with van der Waals surface area (Å²) in [5.74, 6) is 7.72. The lowest BCUT2D eigenvalue weighted by atomic mass is 10.1. The molecule has 0 unspecified atom stereocenters. The highest BCUT2D eigenvalue weighted by atomic mass is 31.2. The minimum atomic E-state index is -3.33. The highest BCUT2D eigenvalue weighted by molar-refractivity contribution is 7.57. The van der Waals surface area contributed by atoms with E-state index in [0.717, 1.165) is 11.1 Å². The van der Waals surface area contributed by atoms with E-state index < -0.39 is 7.60 Å². The number of rotatable bonds is 6. The second-order valence-corrected chi connectivity index (χ2v) is 6.75. The number of benzene rings is 2. The van der Waals surface area contributed by atoms with Gasteiger partial charge >= 0.3 is 7.60 Å². The third kappa shape index (κ3) is 5.51. The van der Waals surface area contributed by atoms with Crippen molar-refractivity contribution in [1.82, 2.24) is 0 Å². The molecule has 0 atom stereocenters. The predicted molar refractivity (Wildman–Crippen MR) is 98.6 cm³/mol. The van der Waals surface area contributed by atoms with Crippen LogP contribution in [0.2, 0.25) is 0 Å². The molecule has 0 spiro atoms. The third-order valence-corrected chi connectivity index (χ3v) is 4.92. The minimum absolute atomic E-state index is 0.308. The van der Waals surface area contributed by atoms with E-state index in [-0.39, 0.29) is 0 Å². The molecule has 0 saturated heterocycles. The monoisotopic (exact) mass is 340 g/mol. The van der Waals surface area contributed by atoms with Crippen LogP contribution in [-0.4, -0.2) is 13.2 Å². The summed E-state index contributed by atoms with van der Waals surface area (Å²) in [4.78, 5) is 0. The van der Waals surface area contributed by atoms with Gasteiger partial charge in [0, 0.05) is 17.0 Å². The van der Waals surface area contributed by atoms with Crippen molar-refractivity contribution in [3.8, 4) is 11.8 Å². The van der Waals surface area contributed by atoms with Crippen molar-refractivity contribution in [3.05, 3.63) is 77.6 Å². The van der Waals surface area contributed by atoms with E-state index >= 15 is 0 Å². The lowest BCUT2D eigenvalue weighted by Gasteiger charge is -2.14. The first-order chi connectivity index (χ1) is 11.7. The Bertz CT molecular complexity index is 761. The topological polar surface area (TPSA) is 35.5 Å². The Kier molecular flexibility index (Phi) is 7.03. The van der Waals surface area contributed by atoms with Crippen LogP contribution in [-0.2, 0) is 13.6 Å². The van der Waals surface area contributed by atoms with Crippen molar-refractivity contribution in [1.29, 1.82) is 0 Å². The molecule has 0 radical (unpaired) electrons. The zero-order valence-corrected chi connectivity index (χ0v) is 14.8. The molecular formula is C20H21O3P. The van der Waals surface area contributed by atoms with Crippen LogP contribution in [0.1, 0.15) is 25.0 Å². The average Bonchev–Trinajstić information content (AvgIpc) is 2.61. The van der Waals surface area contributed by atoms with E-state index in [2.05, 4.69) is 11.8 Å². The molecule has 0 saturated carbocycles. The van der Waals surface area contributed by atoms with Crippen LogP contribution in [0.3, 0.4) is 0 Å². The van der Waals surface area contributed by atoms with Gasteiger partial charge < -0.3 is 9.05 Å². The molecule has 0 heterocycles. The Morgan fingerprint density at radius 3 is 2.04 bits per heavy atom. The molecule has 24 heavy (non-hydrogen) atoms. The summed E-state index contributed by atoms with van der Waals surface area (Å²) in [6.45, 7) is 4.19. The highest BCUT2D eigenvalue weighted by Gasteiger charge is 2.21. The zero-order chi connectivity index (χ0) is 17.3. The van der Waals surface area contributed by atoms with E-state index in [9.17, 15) is 4.57 Å². The summed E-state index contributed by atoms with van der Waals surface area (Å²) in [5.41, 5.74) is 2.40. The van der Waals surface area contributed by atoms with E-state index in [0.29, 0.717) is 18.8 Å². The second-order valence-electron chi connectivity index (χ2n) is 4.90. The number of hydrogen-bond donors (Lipinski definition) is 0. The molecule has 0 fully saturated rings. The van der Waals surface area contributed by atoms with E-state index in [1.165, 1.54) is 5.82 Å². The van der Waals surface area contributed by atoms with Crippen LogP contribution in [0.5, 0.6) is 0 Å². The summed E-state index contributed by atoms with van der Waals surface area (Å²) in [7, 11) is -3.33. The average molecular weight is 340 g/mol. The van der Waals surface area contributed by atoms with Crippen LogP contribution < -0.4 is 0 Å². The van der Waals surface area contributed by atoms with Gasteiger partial charge in [-0.3, -0.25) is 4.57 Å². The maximum Gasteiger partial charge on any atom is 0.355 e. The largest absolute Gasteiger partial charge is 0.355 e. The standard InChI is InChI=1S/C20H21O3P/c1-3-22-24(21,23-4-2)17-20(19-13-9-6-10-14-19)16-15-18-11-7-5-8-12-18/h5-14,17H,3-4H2,1-2H3/b20-17+. The van der Waals surface area contributed by atoms with Crippen molar-refractivity contribution in [2.45, 2.75) is 13.8 Å². The first kappa shape index (κ1) is 18.2. The van der Waals surface area contributed by atoms with E-state index in [1.807, 2.05) is 60.7 Å². The van der Waals surface area contributed by atoms with Gasteiger partial charge in [0.15, 0.2) is 0 Å². The van der Waals surface area contributed by atoms with Crippen molar-refractivity contribution in [2.75, 3.05) is 13.2 Å². The Labute approximate surface area is 143 Å². The van der Waals surface area contributed by atoms with Crippen LogP contribution in [0.15, 0.2) is 66.5 Å². The molecule has 0 aliphatic carbocycles. The number of hydrogen-bond acceptors (Lipinski definition) is 3. The lowest BCUT2D eigenvalue weighted by molar-refractivity contribution is 0.229. The molecule has 0 N–H and O–H groups in total. The van der Waals surface area contributed by atoms with Crippen LogP contribution >= 0.6 is 7.60 Å². The molecule has 2 aromatic carbocycles. The van der Waals surface area contributed by atoms with Crippen LogP contribution in [0.4, 0.5) is 0 Å². The Morgan fingerprint density at radius 1 is 0.958 bits per heavy atom. The molecule has 0 amide bonds. The Balaban J connectivity index is 2.46. The molecule has 3 nitrogen and oxygen atoms in total. The molecule has 0 aromatic heterocycles. The van der Waals surface area contributed by atoms with Gasteiger partial charge in [-0.2, -0.15) is 0 Å². The molecule has 124 valence electrons. The lowest BCUT2D eigenvalue weighted by Crippen LogP contribution is -1.94. The molecule has 2 rings (SSSR count). The number of allylic oxidation sites excluding steroid dienone is 1. The maximum absolute atomic E-state index is 12.8. The molecule has 4 heteroatoms. The third-order valence-electron chi connectivity index (χ3n) is 3.11. The predicted octanol–water partition coefficient (Wildman–Crippen LogP) is 5.35. The Morgan fingerprint density at radius 2 is 1.50 bits per heavy atom. The molecular weight excluding hydrogens is 319 g/mol.